The van der Waals surface area contributed by atoms with Crippen LogP contribution in [0.4, 0.5) is 8.78 Å². The Labute approximate surface area is 330 Å². The molecule has 2 aliphatic heterocycles. The van der Waals surface area contributed by atoms with Gasteiger partial charge in [0.05, 0.1) is 11.3 Å². The van der Waals surface area contributed by atoms with Gasteiger partial charge in [0.25, 0.3) is 11.8 Å². The molecule has 3 heterocycles. The molecule has 2 aromatic carbocycles. The van der Waals surface area contributed by atoms with E-state index in [-0.39, 0.29) is 35.5 Å². The van der Waals surface area contributed by atoms with E-state index in [1.54, 1.807) is 0 Å². The number of likely N-dealkylation sites (tertiary alicyclic amines) is 1. The monoisotopic (exact) mass is 762 g/mol. The minimum Gasteiger partial charge on any atom is -0.354 e. The number of carbonyl (C=O) groups is 3. The lowest BCUT2D eigenvalue weighted by atomic mass is 9.81. The number of nitrogens with zero attached hydrogens (tertiary/aromatic N) is 2. The molecule has 9 heteroatoms. The smallest absolute Gasteiger partial charge is 0.257 e. The van der Waals surface area contributed by atoms with Crippen molar-refractivity contribution in [1.82, 2.24) is 20.1 Å². The van der Waals surface area contributed by atoms with Crippen molar-refractivity contribution in [2.75, 3.05) is 19.6 Å². The number of piperidine rings is 1. The summed E-state index contributed by atoms with van der Waals surface area (Å²) in [5, 5.41) is 4.12. The Hall–Kier alpha value is -5.31. The lowest BCUT2D eigenvalue weighted by Gasteiger charge is -2.32. The van der Waals surface area contributed by atoms with E-state index < -0.39 is 23.0 Å². The van der Waals surface area contributed by atoms with E-state index in [0.717, 1.165) is 73.5 Å². The maximum atomic E-state index is 14.2. The van der Waals surface area contributed by atoms with Crippen LogP contribution in [0.1, 0.15) is 107 Å². The molecule has 7 nitrogen and oxygen atoms in total. The van der Waals surface area contributed by atoms with Crippen LogP contribution >= 0.6 is 0 Å². The number of aromatic nitrogens is 1. The van der Waals surface area contributed by atoms with E-state index in [1.807, 2.05) is 43.0 Å². The Bertz CT molecular complexity index is 2010. The van der Waals surface area contributed by atoms with Crippen LogP contribution in [0.2, 0.25) is 0 Å². The standard InChI is InChI=1S/C47H56F2N4O3/c1-4-5-6-7-8-9-10-11-12-13-14-15-16-17-18-19-20-25-42(54)52-30-28-36(29-31-52)50-45(55)38-33-53(46(56)35-26-27-39(48)40(49)32-35)34-47(2,3)43-37-23-21-22-24-41(37)51-44(38)43/h5-6,8-9,11-12,14-15,17-18,21-24,26-27,32-33,36,51H,4,7,10,13,16,19-20,25,28-31,34H2,1-3H3,(H,50,55)/b6-5-,9-8-,12-11-,15-14-,18-17-. The second kappa shape index (κ2) is 20.6. The minimum atomic E-state index is -1.11. The summed E-state index contributed by atoms with van der Waals surface area (Å²) in [5.74, 6) is -2.91. The largest absolute Gasteiger partial charge is 0.354 e. The number of rotatable bonds is 16. The molecule has 1 fully saturated rings. The molecule has 0 unspecified atom stereocenters. The van der Waals surface area contributed by atoms with E-state index in [2.05, 4.69) is 78.0 Å². The average Bonchev–Trinajstić information content (AvgIpc) is 3.54. The number of nitrogens with one attached hydrogen (secondary N) is 2. The van der Waals surface area contributed by atoms with Gasteiger partial charge in [0, 0.05) is 60.2 Å². The zero-order chi connectivity index (χ0) is 39.9. The number of halogens is 2. The molecule has 0 saturated carbocycles. The van der Waals surface area contributed by atoms with Crippen LogP contribution < -0.4 is 5.32 Å². The molecular formula is C47H56F2N4O3. The number of fused-ring (bicyclic) bond motifs is 3. The van der Waals surface area contributed by atoms with Crippen molar-refractivity contribution in [2.45, 2.75) is 96.4 Å². The Kier molecular flexibility index (Phi) is 15.4. The first-order valence-corrected chi connectivity index (χ1v) is 20.0. The maximum Gasteiger partial charge on any atom is 0.257 e. The number of unbranched alkanes of at least 4 members (excludes halogenated alkanes) is 1. The van der Waals surface area contributed by atoms with Gasteiger partial charge in [-0.25, -0.2) is 8.78 Å². The Morgan fingerprint density at radius 3 is 2.11 bits per heavy atom. The van der Waals surface area contributed by atoms with Crippen molar-refractivity contribution in [1.29, 1.82) is 0 Å². The molecule has 0 spiro atoms. The maximum absolute atomic E-state index is 14.2. The molecule has 0 bridgehead atoms. The normalized spacial score (nSPS) is 16.5. The molecule has 56 heavy (non-hydrogen) atoms. The summed E-state index contributed by atoms with van der Waals surface area (Å²) in [6.45, 7) is 7.45. The van der Waals surface area contributed by atoms with Crippen molar-refractivity contribution >= 4 is 34.2 Å². The first kappa shape index (κ1) is 41.8. The summed E-state index contributed by atoms with van der Waals surface area (Å²) < 4.78 is 27.9. The van der Waals surface area contributed by atoms with Crippen molar-refractivity contribution in [3.05, 3.63) is 138 Å². The van der Waals surface area contributed by atoms with Gasteiger partial charge in [-0.05, 0) is 87.6 Å². The molecule has 0 aliphatic carbocycles. The van der Waals surface area contributed by atoms with Gasteiger partial charge in [-0.15, -0.1) is 0 Å². The van der Waals surface area contributed by atoms with Gasteiger partial charge in [-0.1, -0.05) is 99.7 Å². The number of H-pyrrole nitrogens is 1. The van der Waals surface area contributed by atoms with Crippen LogP contribution in [0.3, 0.4) is 0 Å². The fourth-order valence-corrected chi connectivity index (χ4v) is 7.35. The number of hydrogen-bond acceptors (Lipinski definition) is 3. The van der Waals surface area contributed by atoms with E-state index in [1.165, 1.54) is 17.2 Å². The van der Waals surface area contributed by atoms with Crippen LogP contribution in [0.25, 0.3) is 16.5 Å². The Morgan fingerprint density at radius 1 is 0.839 bits per heavy atom. The second-order valence-electron chi connectivity index (χ2n) is 15.1. The highest BCUT2D eigenvalue weighted by Gasteiger charge is 2.38. The number of benzene rings is 2. The summed E-state index contributed by atoms with van der Waals surface area (Å²) in [5.41, 5.74) is 2.06. The van der Waals surface area contributed by atoms with E-state index in [0.29, 0.717) is 38.0 Å². The number of aromatic amines is 1. The van der Waals surface area contributed by atoms with Gasteiger partial charge >= 0.3 is 0 Å². The Balaban J connectivity index is 1.11. The average molecular weight is 763 g/mol. The Morgan fingerprint density at radius 2 is 1.46 bits per heavy atom. The SMILES string of the molecule is CC/C=C\C/C=C\C/C=C\C/C=C\C/C=C\CCCC(=O)N1CCC(NC(=O)C2=CN(C(=O)c3ccc(F)c(F)c3)CC(C)(C)c3c2[nH]c2ccccc32)CC1. The fraction of sp³-hybridized carbons (Fsp3) is 0.383. The first-order valence-electron chi connectivity index (χ1n) is 20.0. The predicted molar refractivity (Wildman–Crippen MR) is 223 cm³/mol. The fourth-order valence-electron chi connectivity index (χ4n) is 7.35. The first-order chi connectivity index (χ1) is 27.1. The topological polar surface area (TPSA) is 85.5 Å². The number of amides is 3. The summed E-state index contributed by atoms with van der Waals surface area (Å²) in [4.78, 5) is 47.6. The van der Waals surface area contributed by atoms with E-state index >= 15 is 0 Å². The zero-order valence-electron chi connectivity index (χ0n) is 33.0. The minimum absolute atomic E-state index is 0.0129. The quantitative estimate of drug-likeness (QED) is 0.113. The summed E-state index contributed by atoms with van der Waals surface area (Å²) >= 11 is 0. The zero-order valence-corrected chi connectivity index (χ0v) is 33.0. The van der Waals surface area contributed by atoms with Gasteiger partial charge in [0.2, 0.25) is 5.91 Å². The van der Waals surface area contributed by atoms with Crippen molar-refractivity contribution < 1.29 is 23.2 Å². The lowest BCUT2D eigenvalue weighted by molar-refractivity contribution is -0.132. The number of carbonyl (C=O) groups excluding carboxylic acids is 3. The van der Waals surface area contributed by atoms with Gasteiger partial charge < -0.3 is 20.1 Å². The van der Waals surface area contributed by atoms with E-state index in [9.17, 15) is 23.2 Å². The molecule has 1 saturated heterocycles. The molecule has 2 N–H and O–H groups in total. The van der Waals surface area contributed by atoms with Crippen molar-refractivity contribution in [3.8, 4) is 0 Å². The number of para-hydroxylation sites is 1. The molecule has 2 aliphatic rings. The van der Waals surface area contributed by atoms with E-state index in [4.69, 9.17) is 0 Å². The third-order valence-corrected chi connectivity index (χ3v) is 10.3. The van der Waals surface area contributed by atoms with Crippen LogP contribution in [0.15, 0.2) is 109 Å². The van der Waals surface area contributed by atoms with Gasteiger partial charge in [0.15, 0.2) is 11.6 Å². The highest BCUT2D eigenvalue weighted by atomic mass is 19.2. The molecule has 5 rings (SSSR count). The molecular weight excluding hydrogens is 707 g/mol. The van der Waals surface area contributed by atoms with Gasteiger partial charge in [0.1, 0.15) is 0 Å². The van der Waals surface area contributed by atoms with Gasteiger partial charge in [-0.3, -0.25) is 14.4 Å². The van der Waals surface area contributed by atoms with Crippen LogP contribution in [0, 0.1) is 11.6 Å². The molecule has 3 aromatic rings. The number of allylic oxidation sites excluding steroid dienone is 10. The van der Waals surface area contributed by atoms with Crippen LogP contribution in [-0.4, -0.2) is 58.2 Å². The van der Waals surface area contributed by atoms with Gasteiger partial charge in [-0.2, -0.15) is 0 Å². The second-order valence-corrected chi connectivity index (χ2v) is 15.1. The summed E-state index contributed by atoms with van der Waals surface area (Å²) in [6, 6.07) is 10.7. The van der Waals surface area contributed by atoms with Crippen LogP contribution in [-0.2, 0) is 15.0 Å². The highest BCUT2D eigenvalue weighted by molar-refractivity contribution is 6.21. The molecule has 0 radical (unpaired) electrons. The van der Waals surface area contributed by atoms with Crippen molar-refractivity contribution in [3.63, 3.8) is 0 Å². The molecule has 0 atom stereocenters. The molecule has 3 amide bonds. The van der Waals surface area contributed by atoms with Crippen molar-refractivity contribution in [2.24, 2.45) is 0 Å². The summed E-state index contributed by atoms with van der Waals surface area (Å²) in [6.07, 6.45) is 31.5. The highest BCUT2D eigenvalue weighted by Crippen LogP contribution is 2.40. The lowest BCUT2D eigenvalue weighted by Crippen LogP contribution is -2.46. The summed E-state index contributed by atoms with van der Waals surface area (Å²) in [7, 11) is 0. The third kappa shape index (κ3) is 11.4. The number of hydrogen-bond donors (Lipinski definition) is 2. The predicted octanol–water partition coefficient (Wildman–Crippen LogP) is 10.2. The van der Waals surface area contributed by atoms with Crippen LogP contribution in [0.5, 0.6) is 0 Å². The third-order valence-electron chi connectivity index (χ3n) is 10.3. The molecule has 296 valence electrons. The molecule has 1 aromatic heterocycles.